The Bertz CT molecular complexity index is 1040. The quantitative estimate of drug-likeness (QED) is 0.640. The number of piperazine rings is 1. The lowest BCUT2D eigenvalue weighted by Crippen LogP contribution is -2.46. The van der Waals surface area contributed by atoms with Crippen LogP contribution in [0.1, 0.15) is 18.1 Å². The number of anilines is 3. The van der Waals surface area contributed by atoms with Crippen LogP contribution in [0, 0.1) is 13.8 Å². The van der Waals surface area contributed by atoms with Crippen molar-refractivity contribution in [2.24, 2.45) is 0 Å². The molecule has 32 heavy (non-hydrogen) atoms. The van der Waals surface area contributed by atoms with Gasteiger partial charge in [-0.1, -0.05) is 24.3 Å². The third kappa shape index (κ3) is 5.35. The molecule has 0 spiro atoms. The highest BCUT2D eigenvalue weighted by Gasteiger charge is 2.20. The Morgan fingerprint density at radius 1 is 0.938 bits per heavy atom. The Morgan fingerprint density at radius 2 is 1.59 bits per heavy atom. The summed E-state index contributed by atoms with van der Waals surface area (Å²) in [4.78, 5) is 25.9. The Morgan fingerprint density at radius 3 is 2.28 bits per heavy atom. The van der Waals surface area contributed by atoms with Crippen molar-refractivity contribution in [3.05, 3.63) is 72.1 Å². The molecule has 2 heterocycles. The van der Waals surface area contributed by atoms with E-state index in [1.54, 1.807) is 6.92 Å². The van der Waals surface area contributed by atoms with E-state index in [0.29, 0.717) is 11.6 Å². The number of amides is 1. The van der Waals surface area contributed by atoms with Gasteiger partial charge >= 0.3 is 0 Å². The van der Waals surface area contributed by atoms with E-state index in [4.69, 9.17) is 4.74 Å². The second-order valence-electron chi connectivity index (χ2n) is 8.14. The fourth-order valence-electron chi connectivity index (χ4n) is 3.91. The fourth-order valence-corrected chi connectivity index (χ4v) is 3.91. The van der Waals surface area contributed by atoms with Crippen molar-refractivity contribution >= 4 is 23.2 Å². The lowest BCUT2D eigenvalue weighted by Gasteiger charge is -2.36. The standard InChI is InChI=1S/C25H29N5O2/c1-18-13-19(2)15-22(14-18)32-20(3)25(31)28-23-16-24(27-17-26-23)30-11-9-29(10-12-30)21-7-5-4-6-8-21/h4-8,13-17,20H,9-12H2,1-3H3,(H,26,27,28,31). The monoisotopic (exact) mass is 431 g/mol. The molecule has 1 N–H and O–H groups in total. The summed E-state index contributed by atoms with van der Waals surface area (Å²) in [5, 5.41) is 2.85. The van der Waals surface area contributed by atoms with Crippen LogP contribution in [0.15, 0.2) is 60.9 Å². The van der Waals surface area contributed by atoms with Crippen LogP contribution >= 0.6 is 0 Å². The molecule has 7 nitrogen and oxygen atoms in total. The van der Waals surface area contributed by atoms with E-state index in [0.717, 1.165) is 43.1 Å². The molecule has 166 valence electrons. The van der Waals surface area contributed by atoms with Crippen LogP contribution in [0.25, 0.3) is 0 Å². The highest BCUT2D eigenvalue weighted by atomic mass is 16.5. The number of aromatic nitrogens is 2. The van der Waals surface area contributed by atoms with Gasteiger partial charge in [0.05, 0.1) is 0 Å². The second kappa shape index (κ2) is 9.68. The third-order valence-corrected chi connectivity index (χ3v) is 5.51. The predicted octanol–water partition coefficient (Wildman–Crippen LogP) is 3.83. The van der Waals surface area contributed by atoms with Crippen LogP contribution in [-0.4, -0.2) is 48.2 Å². The lowest BCUT2D eigenvalue weighted by molar-refractivity contribution is -0.122. The van der Waals surface area contributed by atoms with Gasteiger partial charge in [0, 0.05) is 37.9 Å². The summed E-state index contributed by atoms with van der Waals surface area (Å²) in [7, 11) is 0. The predicted molar refractivity (Wildman–Crippen MR) is 128 cm³/mol. The highest BCUT2D eigenvalue weighted by molar-refractivity contribution is 5.93. The molecule has 3 aromatic rings. The first-order valence-corrected chi connectivity index (χ1v) is 10.9. The van der Waals surface area contributed by atoms with E-state index in [1.807, 2.05) is 38.1 Å². The summed E-state index contributed by atoms with van der Waals surface area (Å²) in [5.41, 5.74) is 3.43. The number of nitrogens with one attached hydrogen (secondary N) is 1. The molecule has 7 heteroatoms. The van der Waals surface area contributed by atoms with Crippen molar-refractivity contribution in [1.29, 1.82) is 0 Å². The molecule has 1 unspecified atom stereocenters. The summed E-state index contributed by atoms with van der Waals surface area (Å²) in [5.74, 6) is 1.72. The second-order valence-corrected chi connectivity index (χ2v) is 8.14. The van der Waals surface area contributed by atoms with Gasteiger partial charge in [0.15, 0.2) is 6.10 Å². The van der Waals surface area contributed by atoms with E-state index < -0.39 is 6.10 Å². The number of hydrogen-bond acceptors (Lipinski definition) is 6. The van der Waals surface area contributed by atoms with Crippen LogP contribution in [-0.2, 0) is 4.79 Å². The molecular formula is C25H29N5O2. The first-order chi connectivity index (χ1) is 15.5. The molecule has 1 amide bonds. The topological polar surface area (TPSA) is 70.6 Å². The Labute approximate surface area is 189 Å². The van der Waals surface area contributed by atoms with Gasteiger partial charge in [0.25, 0.3) is 5.91 Å². The molecule has 1 saturated heterocycles. The van der Waals surface area contributed by atoms with Crippen LogP contribution in [0.2, 0.25) is 0 Å². The van der Waals surface area contributed by atoms with E-state index in [2.05, 4.69) is 55.4 Å². The number of aryl methyl sites for hydroxylation is 2. The number of para-hydroxylation sites is 1. The molecule has 0 radical (unpaired) electrons. The van der Waals surface area contributed by atoms with Crippen LogP contribution in [0.3, 0.4) is 0 Å². The summed E-state index contributed by atoms with van der Waals surface area (Å²) in [6, 6.07) is 18.2. The molecule has 0 saturated carbocycles. The molecule has 1 aromatic heterocycles. The summed E-state index contributed by atoms with van der Waals surface area (Å²) in [6.07, 6.45) is 0.841. The number of nitrogens with zero attached hydrogens (tertiary/aromatic N) is 4. The number of carbonyl (C=O) groups excluding carboxylic acids is 1. The van der Waals surface area contributed by atoms with Crippen molar-refractivity contribution in [2.75, 3.05) is 41.3 Å². The maximum Gasteiger partial charge on any atom is 0.266 e. The average Bonchev–Trinajstić information content (AvgIpc) is 2.79. The third-order valence-electron chi connectivity index (χ3n) is 5.51. The van der Waals surface area contributed by atoms with Crippen molar-refractivity contribution in [2.45, 2.75) is 26.9 Å². The first kappa shape index (κ1) is 21.6. The molecule has 1 aliphatic heterocycles. The van der Waals surface area contributed by atoms with E-state index in [-0.39, 0.29) is 5.91 Å². The minimum Gasteiger partial charge on any atom is -0.481 e. The Balaban J connectivity index is 1.35. The Kier molecular flexibility index (Phi) is 6.54. The number of ether oxygens (including phenoxy) is 1. The van der Waals surface area contributed by atoms with Gasteiger partial charge in [-0.05, 0) is 56.2 Å². The summed E-state index contributed by atoms with van der Waals surface area (Å²) in [6.45, 7) is 9.28. The molecule has 1 fully saturated rings. The van der Waals surface area contributed by atoms with Crippen molar-refractivity contribution < 1.29 is 9.53 Å². The fraction of sp³-hybridized carbons (Fsp3) is 0.320. The van der Waals surface area contributed by atoms with Gasteiger partial charge in [-0.15, -0.1) is 0 Å². The van der Waals surface area contributed by atoms with E-state index in [9.17, 15) is 4.79 Å². The van der Waals surface area contributed by atoms with Crippen molar-refractivity contribution in [1.82, 2.24) is 9.97 Å². The number of carbonyl (C=O) groups is 1. The SMILES string of the molecule is Cc1cc(C)cc(OC(C)C(=O)Nc2cc(N3CCN(c4ccccc4)CC3)ncn2)c1. The van der Waals surface area contributed by atoms with Gasteiger partial charge in [0.1, 0.15) is 23.7 Å². The molecule has 2 aromatic carbocycles. The minimum atomic E-state index is -0.649. The maximum absolute atomic E-state index is 12.7. The van der Waals surface area contributed by atoms with Crippen LogP contribution in [0.4, 0.5) is 17.3 Å². The Hall–Kier alpha value is -3.61. The molecule has 1 atom stereocenters. The maximum atomic E-state index is 12.7. The minimum absolute atomic E-state index is 0.247. The van der Waals surface area contributed by atoms with Gasteiger partial charge in [-0.3, -0.25) is 4.79 Å². The van der Waals surface area contributed by atoms with Crippen LogP contribution in [0.5, 0.6) is 5.75 Å². The normalized spacial score (nSPS) is 14.7. The smallest absolute Gasteiger partial charge is 0.266 e. The molecule has 1 aliphatic rings. The number of rotatable bonds is 6. The molecule has 0 bridgehead atoms. The van der Waals surface area contributed by atoms with Crippen molar-refractivity contribution in [3.8, 4) is 5.75 Å². The van der Waals surface area contributed by atoms with Crippen molar-refractivity contribution in [3.63, 3.8) is 0 Å². The summed E-state index contributed by atoms with van der Waals surface area (Å²) >= 11 is 0. The number of benzene rings is 2. The summed E-state index contributed by atoms with van der Waals surface area (Å²) < 4.78 is 5.84. The zero-order chi connectivity index (χ0) is 22.5. The van der Waals surface area contributed by atoms with Gasteiger partial charge in [-0.25, -0.2) is 9.97 Å². The zero-order valence-corrected chi connectivity index (χ0v) is 18.8. The van der Waals surface area contributed by atoms with E-state index >= 15 is 0 Å². The molecule has 4 rings (SSSR count). The lowest BCUT2D eigenvalue weighted by atomic mass is 10.1. The van der Waals surface area contributed by atoms with Gasteiger partial charge in [-0.2, -0.15) is 0 Å². The van der Waals surface area contributed by atoms with E-state index in [1.165, 1.54) is 12.0 Å². The largest absolute Gasteiger partial charge is 0.481 e. The average molecular weight is 432 g/mol. The van der Waals surface area contributed by atoms with Gasteiger partial charge < -0.3 is 19.9 Å². The van der Waals surface area contributed by atoms with Crippen LogP contribution < -0.4 is 19.9 Å². The zero-order valence-electron chi connectivity index (χ0n) is 18.8. The van der Waals surface area contributed by atoms with Gasteiger partial charge in [0.2, 0.25) is 0 Å². The highest BCUT2D eigenvalue weighted by Crippen LogP contribution is 2.21. The first-order valence-electron chi connectivity index (χ1n) is 10.9. The number of hydrogen-bond donors (Lipinski definition) is 1. The molecular weight excluding hydrogens is 402 g/mol. The molecule has 0 aliphatic carbocycles.